The summed E-state index contributed by atoms with van der Waals surface area (Å²) in [5.41, 5.74) is 6.72. The molecule has 3 rings (SSSR count). The monoisotopic (exact) mass is 254 g/mol. The van der Waals surface area contributed by atoms with Crippen molar-refractivity contribution < 1.29 is 4.79 Å². The van der Waals surface area contributed by atoms with Gasteiger partial charge in [-0.3, -0.25) is 9.78 Å². The Hall–Kier alpha value is -1.74. The molecule has 2 aromatic rings. The lowest BCUT2D eigenvalue weighted by molar-refractivity contribution is 0.0886. The number of nitrogens with two attached hydrogens (primary N) is 1. The number of rotatable bonds is 2. The zero-order valence-corrected chi connectivity index (χ0v) is 10.9. The van der Waals surface area contributed by atoms with Crippen molar-refractivity contribution in [2.45, 2.75) is 31.7 Å². The maximum atomic E-state index is 12.7. The number of Topliss-reactive ketones (excluding diaryl/α,β-unsaturated/α-hetero) is 1. The number of nitrogens with zero attached hydrogens (tertiary/aromatic N) is 1. The molecule has 3 nitrogen and oxygen atoms in total. The van der Waals surface area contributed by atoms with E-state index in [1.807, 2.05) is 24.3 Å². The van der Waals surface area contributed by atoms with Gasteiger partial charge in [0, 0.05) is 35.3 Å². The fourth-order valence-electron chi connectivity index (χ4n) is 2.93. The maximum Gasteiger partial charge on any atom is 0.166 e. The first-order chi connectivity index (χ1) is 9.25. The molecule has 0 bridgehead atoms. The van der Waals surface area contributed by atoms with E-state index in [9.17, 15) is 4.79 Å². The van der Waals surface area contributed by atoms with Gasteiger partial charge in [0.05, 0.1) is 0 Å². The summed E-state index contributed by atoms with van der Waals surface area (Å²) in [5.74, 6) is 0.385. The second-order valence-electron chi connectivity index (χ2n) is 5.38. The first-order valence-corrected chi connectivity index (χ1v) is 6.88. The Morgan fingerprint density at radius 2 is 1.95 bits per heavy atom. The fraction of sp³-hybridized carbons (Fsp3) is 0.375. The molecule has 0 amide bonds. The molecule has 98 valence electrons. The minimum atomic E-state index is 0.130. The van der Waals surface area contributed by atoms with Crippen LogP contribution in [0, 0.1) is 5.92 Å². The van der Waals surface area contributed by atoms with Crippen molar-refractivity contribution in [3.05, 3.63) is 42.2 Å². The molecule has 1 aliphatic rings. The van der Waals surface area contributed by atoms with Crippen LogP contribution in [0.15, 0.2) is 36.7 Å². The third kappa shape index (κ3) is 2.38. The molecular weight excluding hydrogens is 236 g/mol. The zero-order chi connectivity index (χ0) is 13.2. The molecule has 1 aromatic carbocycles. The predicted octanol–water partition coefficient (Wildman–Crippen LogP) is 2.94. The van der Waals surface area contributed by atoms with Crippen LogP contribution in [-0.2, 0) is 0 Å². The van der Waals surface area contributed by atoms with Crippen molar-refractivity contribution in [1.29, 1.82) is 0 Å². The number of hydrogen-bond donors (Lipinski definition) is 1. The van der Waals surface area contributed by atoms with Crippen molar-refractivity contribution in [1.82, 2.24) is 4.98 Å². The highest BCUT2D eigenvalue weighted by atomic mass is 16.1. The van der Waals surface area contributed by atoms with Gasteiger partial charge in [-0.05, 0) is 37.1 Å². The van der Waals surface area contributed by atoms with E-state index in [-0.39, 0.29) is 17.7 Å². The second-order valence-corrected chi connectivity index (χ2v) is 5.38. The fourth-order valence-corrected chi connectivity index (χ4v) is 2.93. The number of hydrogen-bond acceptors (Lipinski definition) is 3. The number of ketones is 1. The Morgan fingerprint density at radius 3 is 2.74 bits per heavy atom. The van der Waals surface area contributed by atoms with E-state index < -0.39 is 0 Å². The highest BCUT2D eigenvalue weighted by Gasteiger charge is 2.26. The van der Waals surface area contributed by atoms with E-state index >= 15 is 0 Å². The van der Waals surface area contributed by atoms with Crippen molar-refractivity contribution in [3.8, 4) is 0 Å². The number of carbonyl (C=O) groups excluding carboxylic acids is 1. The molecule has 0 saturated heterocycles. The standard InChI is InChI=1S/C16H18N2O/c17-13-6-4-12(5-7-13)16(19)14-3-1-2-11-8-9-18-10-15(11)14/h1-3,8-10,12-13H,4-7,17H2. The molecule has 1 aliphatic carbocycles. The van der Waals surface area contributed by atoms with Crippen LogP contribution in [0.4, 0.5) is 0 Å². The van der Waals surface area contributed by atoms with E-state index in [1.54, 1.807) is 12.4 Å². The average molecular weight is 254 g/mol. The van der Waals surface area contributed by atoms with Crippen molar-refractivity contribution in [2.75, 3.05) is 0 Å². The third-order valence-electron chi connectivity index (χ3n) is 4.09. The minimum absolute atomic E-state index is 0.130. The Morgan fingerprint density at radius 1 is 1.16 bits per heavy atom. The van der Waals surface area contributed by atoms with Gasteiger partial charge in [-0.25, -0.2) is 0 Å². The van der Waals surface area contributed by atoms with Crippen molar-refractivity contribution in [3.63, 3.8) is 0 Å². The SMILES string of the molecule is NC1CCC(C(=O)c2cccc3ccncc23)CC1. The Balaban J connectivity index is 1.93. The zero-order valence-electron chi connectivity index (χ0n) is 10.9. The molecular formula is C16H18N2O. The Kier molecular flexibility index (Phi) is 3.30. The van der Waals surface area contributed by atoms with E-state index in [0.717, 1.165) is 42.0 Å². The summed E-state index contributed by atoms with van der Waals surface area (Å²) >= 11 is 0. The Bertz CT molecular complexity index is 595. The molecule has 1 aromatic heterocycles. The number of aromatic nitrogens is 1. The molecule has 0 radical (unpaired) electrons. The molecule has 1 fully saturated rings. The van der Waals surface area contributed by atoms with Crippen molar-refractivity contribution >= 4 is 16.6 Å². The van der Waals surface area contributed by atoms with Gasteiger partial charge in [0.2, 0.25) is 0 Å². The largest absolute Gasteiger partial charge is 0.328 e. The van der Waals surface area contributed by atoms with Crippen LogP contribution in [-0.4, -0.2) is 16.8 Å². The van der Waals surface area contributed by atoms with Crippen LogP contribution in [0.25, 0.3) is 10.8 Å². The average Bonchev–Trinajstić information content (AvgIpc) is 2.47. The van der Waals surface area contributed by atoms with E-state index in [1.165, 1.54) is 0 Å². The lowest BCUT2D eigenvalue weighted by atomic mass is 9.81. The summed E-state index contributed by atoms with van der Waals surface area (Å²) in [6.07, 6.45) is 7.29. The number of benzene rings is 1. The van der Waals surface area contributed by atoms with Gasteiger partial charge < -0.3 is 5.73 Å². The molecule has 0 aliphatic heterocycles. The molecule has 1 heterocycles. The molecule has 3 heteroatoms. The smallest absolute Gasteiger partial charge is 0.166 e. The first kappa shape index (κ1) is 12.3. The van der Waals surface area contributed by atoms with Crippen LogP contribution >= 0.6 is 0 Å². The van der Waals surface area contributed by atoms with Crippen LogP contribution in [0.2, 0.25) is 0 Å². The Labute approximate surface area is 112 Å². The van der Waals surface area contributed by atoms with Gasteiger partial charge in [-0.15, -0.1) is 0 Å². The third-order valence-corrected chi connectivity index (χ3v) is 4.09. The van der Waals surface area contributed by atoms with E-state index in [0.29, 0.717) is 0 Å². The predicted molar refractivity (Wildman–Crippen MR) is 76.0 cm³/mol. The normalized spacial score (nSPS) is 23.4. The lowest BCUT2D eigenvalue weighted by Crippen LogP contribution is -2.29. The van der Waals surface area contributed by atoms with Gasteiger partial charge >= 0.3 is 0 Å². The van der Waals surface area contributed by atoms with E-state index in [2.05, 4.69) is 4.98 Å². The minimum Gasteiger partial charge on any atom is -0.328 e. The second kappa shape index (κ2) is 5.10. The summed E-state index contributed by atoms with van der Waals surface area (Å²) in [7, 11) is 0. The topological polar surface area (TPSA) is 56.0 Å². The van der Waals surface area contributed by atoms with Crippen molar-refractivity contribution in [2.24, 2.45) is 11.7 Å². The molecule has 0 unspecified atom stereocenters. The van der Waals surface area contributed by atoms with Crippen LogP contribution in [0.1, 0.15) is 36.0 Å². The number of fused-ring (bicyclic) bond motifs is 1. The summed E-state index contributed by atoms with van der Waals surface area (Å²) in [6.45, 7) is 0. The van der Waals surface area contributed by atoms with Crippen LogP contribution < -0.4 is 5.73 Å². The van der Waals surface area contributed by atoms with Gasteiger partial charge in [0.25, 0.3) is 0 Å². The summed E-state index contributed by atoms with van der Waals surface area (Å²) < 4.78 is 0. The highest BCUT2D eigenvalue weighted by Crippen LogP contribution is 2.29. The van der Waals surface area contributed by atoms with Crippen LogP contribution in [0.5, 0.6) is 0 Å². The van der Waals surface area contributed by atoms with Gasteiger partial charge in [-0.1, -0.05) is 18.2 Å². The molecule has 2 N–H and O–H groups in total. The number of carbonyl (C=O) groups is 1. The summed E-state index contributed by atoms with van der Waals surface area (Å²) in [6, 6.07) is 8.11. The van der Waals surface area contributed by atoms with E-state index in [4.69, 9.17) is 5.73 Å². The van der Waals surface area contributed by atoms with Crippen LogP contribution in [0.3, 0.4) is 0 Å². The summed E-state index contributed by atoms with van der Waals surface area (Å²) in [5, 5.41) is 2.04. The maximum absolute atomic E-state index is 12.7. The lowest BCUT2D eigenvalue weighted by Gasteiger charge is -2.25. The van der Waals surface area contributed by atoms with Gasteiger partial charge in [0.1, 0.15) is 0 Å². The summed E-state index contributed by atoms with van der Waals surface area (Å²) in [4.78, 5) is 16.8. The number of pyridine rings is 1. The van der Waals surface area contributed by atoms with Gasteiger partial charge in [0.15, 0.2) is 5.78 Å². The molecule has 0 spiro atoms. The highest BCUT2D eigenvalue weighted by molar-refractivity contribution is 6.08. The molecule has 0 atom stereocenters. The molecule has 1 saturated carbocycles. The van der Waals surface area contributed by atoms with Gasteiger partial charge in [-0.2, -0.15) is 0 Å². The quantitative estimate of drug-likeness (QED) is 0.838. The molecule has 19 heavy (non-hydrogen) atoms. The first-order valence-electron chi connectivity index (χ1n) is 6.88.